The monoisotopic (exact) mass is 550 g/mol. The zero-order chi connectivity index (χ0) is 29.5. The Morgan fingerprint density at radius 1 is 0.548 bits per heavy atom. The van der Waals surface area contributed by atoms with Crippen LogP contribution in [0.2, 0.25) is 0 Å². The molecule has 0 saturated carbocycles. The van der Waals surface area contributed by atoms with Crippen molar-refractivity contribution in [2.24, 2.45) is 10.8 Å². The molecule has 0 bridgehead atoms. The van der Waals surface area contributed by atoms with E-state index >= 15 is 0 Å². The first-order chi connectivity index (χ1) is 20.1. The third-order valence-corrected chi connectivity index (χ3v) is 8.36. The van der Waals surface area contributed by atoms with Crippen LogP contribution < -0.4 is 4.90 Å². The molecule has 6 aromatic rings. The fraction of sp³-hybridized carbons (Fsp3) is 0.250. The summed E-state index contributed by atoms with van der Waals surface area (Å²) in [6.45, 7) is 14.2. The number of fused-ring (bicyclic) bond motifs is 3. The smallest absolute Gasteiger partial charge is 0.0542 e. The highest BCUT2D eigenvalue weighted by atomic mass is 15.1. The van der Waals surface area contributed by atoms with Gasteiger partial charge >= 0.3 is 0 Å². The molecule has 0 aliphatic heterocycles. The van der Waals surface area contributed by atoms with Crippen molar-refractivity contribution in [3.8, 4) is 5.69 Å². The van der Waals surface area contributed by atoms with E-state index in [1.165, 1.54) is 38.7 Å². The normalized spacial score (nSPS) is 13.0. The Morgan fingerprint density at radius 2 is 1.10 bits per heavy atom. The summed E-state index contributed by atoms with van der Waals surface area (Å²) in [5.41, 5.74) is 8.94. The molecule has 0 saturated heterocycles. The number of nitrogens with zero attached hydrogens (tertiary/aromatic N) is 2. The first-order valence-electron chi connectivity index (χ1n) is 15.1. The molecule has 212 valence electrons. The highest BCUT2D eigenvalue weighted by molar-refractivity contribution is 6.10. The van der Waals surface area contributed by atoms with Gasteiger partial charge in [-0.25, -0.2) is 0 Å². The Hall–Kier alpha value is -4.30. The first kappa shape index (κ1) is 27.8. The Bertz CT molecular complexity index is 1800. The van der Waals surface area contributed by atoms with Crippen molar-refractivity contribution in [3.63, 3.8) is 0 Å². The standard InChI is InChI=1S/C40H42N2/c1-39(2,3)28-36(40(4,5)6)29-21-23-32(24-22-29)41(30-15-9-7-10-16-30)33-25-26-38-35(27-33)34-19-13-14-20-37(34)42(38)31-17-11-8-12-18-31/h7-27,36H,28H2,1-6H3. The van der Waals surface area contributed by atoms with Crippen LogP contribution in [0.5, 0.6) is 0 Å². The largest absolute Gasteiger partial charge is 0.310 e. The van der Waals surface area contributed by atoms with Gasteiger partial charge in [0.05, 0.1) is 11.0 Å². The molecule has 2 heteroatoms. The second kappa shape index (κ2) is 10.8. The molecule has 0 spiro atoms. The van der Waals surface area contributed by atoms with E-state index in [9.17, 15) is 0 Å². The van der Waals surface area contributed by atoms with Crippen LogP contribution in [0, 0.1) is 10.8 Å². The van der Waals surface area contributed by atoms with E-state index in [0.29, 0.717) is 5.92 Å². The Morgan fingerprint density at radius 3 is 1.74 bits per heavy atom. The van der Waals surface area contributed by atoms with Crippen LogP contribution >= 0.6 is 0 Å². The lowest BCUT2D eigenvalue weighted by atomic mass is 9.69. The summed E-state index contributed by atoms with van der Waals surface area (Å²) < 4.78 is 2.37. The number of rotatable bonds is 6. The van der Waals surface area contributed by atoms with Crippen LogP contribution in [0.15, 0.2) is 127 Å². The van der Waals surface area contributed by atoms with Gasteiger partial charge in [0.15, 0.2) is 0 Å². The maximum absolute atomic E-state index is 2.38. The van der Waals surface area contributed by atoms with Crippen molar-refractivity contribution in [1.29, 1.82) is 0 Å². The molecule has 0 aliphatic rings. The second-order valence-corrected chi connectivity index (χ2v) is 13.8. The molecule has 1 unspecified atom stereocenters. The molecule has 1 aromatic heterocycles. The quantitative estimate of drug-likeness (QED) is 0.200. The summed E-state index contributed by atoms with van der Waals surface area (Å²) in [6, 6.07) is 46.3. The Balaban J connectivity index is 1.49. The van der Waals surface area contributed by atoms with Gasteiger partial charge in [-0.3, -0.25) is 0 Å². The molecule has 2 nitrogen and oxygen atoms in total. The molecule has 1 heterocycles. The molecule has 0 N–H and O–H groups in total. The lowest BCUT2D eigenvalue weighted by molar-refractivity contribution is 0.229. The van der Waals surface area contributed by atoms with Crippen molar-refractivity contribution >= 4 is 38.9 Å². The van der Waals surface area contributed by atoms with E-state index in [0.717, 1.165) is 17.8 Å². The maximum atomic E-state index is 2.38. The number of benzene rings is 5. The van der Waals surface area contributed by atoms with Gasteiger partial charge in [-0.1, -0.05) is 108 Å². The molecule has 42 heavy (non-hydrogen) atoms. The summed E-state index contributed by atoms with van der Waals surface area (Å²) in [5.74, 6) is 0.484. The average molecular weight is 551 g/mol. The third kappa shape index (κ3) is 5.46. The number of aromatic nitrogens is 1. The molecule has 0 fully saturated rings. The van der Waals surface area contributed by atoms with E-state index in [1.54, 1.807) is 0 Å². The second-order valence-electron chi connectivity index (χ2n) is 13.8. The molecule has 0 aliphatic carbocycles. The van der Waals surface area contributed by atoms with Crippen LogP contribution in [0.3, 0.4) is 0 Å². The van der Waals surface area contributed by atoms with Gasteiger partial charge in [0, 0.05) is 33.5 Å². The summed E-state index contributed by atoms with van der Waals surface area (Å²) >= 11 is 0. The van der Waals surface area contributed by atoms with E-state index in [1.807, 2.05) is 0 Å². The van der Waals surface area contributed by atoms with Crippen molar-refractivity contribution in [2.45, 2.75) is 53.9 Å². The molecule has 1 atom stereocenters. The van der Waals surface area contributed by atoms with E-state index < -0.39 is 0 Å². The van der Waals surface area contributed by atoms with Crippen molar-refractivity contribution in [2.75, 3.05) is 4.90 Å². The Kier molecular flexibility index (Phi) is 7.19. The van der Waals surface area contributed by atoms with Crippen LogP contribution in [0.4, 0.5) is 17.1 Å². The summed E-state index contributed by atoms with van der Waals surface area (Å²) in [4.78, 5) is 2.38. The van der Waals surface area contributed by atoms with Gasteiger partial charge in [0.25, 0.3) is 0 Å². The number of hydrogen-bond acceptors (Lipinski definition) is 1. The predicted molar refractivity (Wildman–Crippen MR) is 182 cm³/mol. The van der Waals surface area contributed by atoms with E-state index in [2.05, 4.69) is 178 Å². The molecule has 0 radical (unpaired) electrons. The summed E-state index contributed by atoms with van der Waals surface area (Å²) in [7, 11) is 0. The number of para-hydroxylation sites is 3. The Labute approximate surface area is 251 Å². The minimum atomic E-state index is 0.186. The third-order valence-electron chi connectivity index (χ3n) is 8.36. The van der Waals surface area contributed by atoms with E-state index in [-0.39, 0.29) is 10.8 Å². The summed E-state index contributed by atoms with van der Waals surface area (Å²) in [5, 5.41) is 2.51. The van der Waals surface area contributed by atoms with Crippen LogP contribution in [-0.2, 0) is 0 Å². The fourth-order valence-corrected chi connectivity index (χ4v) is 6.37. The minimum absolute atomic E-state index is 0.186. The van der Waals surface area contributed by atoms with Gasteiger partial charge < -0.3 is 9.47 Å². The highest BCUT2D eigenvalue weighted by Crippen LogP contribution is 2.45. The van der Waals surface area contributed by atoms with Gasteiger partial charge in [-0.05, 0) is 89.4 Å². The summed E-state index contributed by atoms with van der Waals surface area (Å²) in [6.07, 6.45) is 1.15. The maximum Gasteiger partial charge on any atom is 0.0542 e. The van der Waals surface area contributed by atoms with Crippen molar-refractivity contribution < 1.29 is 0 Å². The number of anilines is 3. The van der Waals surface area contributed by atoms with Crippen molar-refractivity contribution in [1.82, 2.24) is 4.57 Å². The average Bonchev–Trinajstić information content (AvgIpc) is 3.30. The van der Waals surface area contributed by atoms with Gasteiger partial charge in [0.2, 0.25) is 0 Å². The van der Waals surface area contributed by atoms with Crippen LogP contribution in [0.1, 0.15) is 59.4 Å². The lowest BCUT2D eigenvalue weighted by Gasteiger charge is -2.36. The van der Waals surface area contributed by atoms with Crippen molar-refractivity contribution in [3.05, 3.63) is 133 Å². The zero-order valence-electron chi connectivity index (χ0n) is 25.8. The topological polar surface area (TPSA) is 8.17 Å². The SMILES string of the molecule is CC(C)(C)CC(c1ccc(N(c2ccccc2)c2ccc3c(c2)c2ccccc2n3-c2ccccc2)cc1)C(C)(C)C. The van der Waals surface area contributed by atoms with E-state index in [4.69, 9.17) is 0 Å². The molecular formula is C40H42N2. The minimum Gasteiger partial charge on any atom is -0.310 e. The van der Waals surface area contributed by atoms with Gasteiger partial charge in [-0.2, -0.15) is 0 Å². The zero-order valence-corrected chi connectivity index (χ0v) is 25.8. The molecule has 5 aromatic carbocycles. The molecule has 6 rings (SSSR count). The van der Waals surface area contributed by atoms with Crippen LogP contribution in [0.25, 0.3) is 27.5 Å². The molecular weight excluding hydrogens is 508 g/mol. The number of hydrogen-bond donors (Lipinski definition) is 0. The van der Waals surface area contributed by atoms with Gasteiger partial charge in [0.1, 0.15) is 0 Å². The lowest BCUT2D eigenvalue weighted by Crippen LogP contribution is -2.23. The van der Waals surface area contributed by atoms with Crippen LogP contribution in [-0.4, -0.2) is 4.57 Å². The molecule has 0 amide bonds. The first-order valence-corrected chi connectivity index (χ1v) is 15.1. The fourth-order valence-electron chi connectivity index (χ4n) is 6.37. The van der Waals surface area contributed by atoms with Gasteiger partial charge in [-0.15, -0.1) is 0 Å². The highest BCUT2D eigenvalue weighted by Gasteiger charge is 2.30. The predicted octanol–water partition coefficient (Wildman–Crippen LogP) is 11.8.